The Labute approximate surface area is 306 Å². The molecule has 1 N–H and O–H groups in total. The molecule has 2 aromatic heterocycles. The number of aromatic nitrogens is 3. The molecule has 0 spiro atoms. The number of H-pyrrole nitrogens is 1. The summed E-state index contributed by atoms with van der Waals surface area (Å²) in [5.41, 5.74) is 3.34. The first-order valence-electron chi connectivity index (χ1n) is 17.3. The predicted molar refractivity (Wildman–Crippen MR) is 200 cm³/mol. The Kier molecular flexibility index (Phi) is 7.42. The second-order valence-corrected chi connectivity index (χ2v) is 13.7. The summed E-state index contributed by atoms with van der Waals surface area (Å²) < 4.78 is 5.40. The number of hydrogen-bond donors (Lipinski definition) is 1. The van der Waals surface area contributed by atoms with Crippen LogP contribution in [0.3, 0.4) is 0 Å². The molecule has 0 unspecified atom stereocenters. The molecule has 11 nitrogen and oxygen atoms in total. The Balaban J connectivity index is 1.12. The topological polar surface area (TPSA) is 156 Å². The van der Waals surface area contributed by atoms with E-state index in [-0.39, 0.29) is 67.0 Å². The van der Waals surface area contributed by atoms with Gasteiger partial charge in [0.25, 0.3) is 17.4 Å². The third-order valence-corrected chi connectivity index (χ3v) is 10.2. The summed E-state index contributed by atoms with van der Waals surface area (Å²) in [5, 5.41) is 0.579. The second-order valence-electron chi connectivity index (χ2n) is 13.7. The molecule has 0 bridgehead atoms. The number of hydrogen-bond acceptors (Lipinski definition) is 9. The summed E-state index contributed by atoms with van der Waals surface area (Å²) in [6.07, 6.45) is 9.52. The minimum atomic E-state index is -1.53. The van der Waals surface area contributed by atoms with Crippen molar-refractivity contribution in [2.24, 2.45) is 0 Å². The number of nitrogens with one attached hydrogen (secondary N) is 1. The third-order valence-electron chi connectivity index (χ3n) is 10.2. The number of ketones is 2. The highest BCUT2D eigenvalue weighted by atomic mass is 16.5. The predicted octanol–water partition coefficient (Wildman–Crippen LogP) is 7.12. The summed E-state index contributed by atoms with van der Waals surface area (Å²) in [4.78, 5) is 95.7. The monoisotopic (exact) mass is 712 g/mol. The molecule has 54 heavy (non-hydrogen) atoms. The van der Waals surface area contributed by atoms with E-state index in [1.54, 1.807) is 0 Å². The molecule has 2 aliphatic carbocycles. The highest BCUT2D eigenvalue weighted by Gasteiger charge is 2.43. The number of allylic oxidation sites excluding steroid dienone is 4. The lowest BCUT2D eigenvalue weighted by Crippen LogP contribution is -2.41. The molecule has 0 saturated heterocycles. The number of anilines is 1. The fourth-order valence-corrected chi connectivity index (χ4v) is 7.50. The van der Waals surface area contributed by atoms with E-state index in [4.69, 9.17) is 4.74 Å². The van der Waals surface area contributed by atoms with E-state index < -0.39 is 40.8 Å². The third kappa shape index (κ3) is 4.96. The van der Waals surface area contributed by atoms with Crippen LogP contribution in [-0.4, -0.2) is 44.3 Å². The summed E-state index contributed by atoms with van der Waals surface area (Å²) in [5.74, 6) is -4.46. The number of benzene rings is 4. The smallest absolute Gasteiger partial charge is 0.343 e. The van der Waals surface area contributed by atoms with E-state index in [2.05, 4.69) is 15.0 Å². The van der Waals surface area contributed by atoms with Gasteiger partial charge in [0.2, 0.25) is 0 Å². The summed E-state index contributed by atoms with van der Waals surface area (Å²) in [6, 6.07) is 19.0. The van der Waals surface area contributed by atoms with Crippen LogP contribution in [0.15, 0.2) is 108 Å². The first kappa shape index (κ1) is 32.7. The lowest BCUT2D eigenvalue weighted by Gasteiger charge is -2.32. The van der Waals surface area contributed by atoms with Gasteiger partial charge < -0.3 is 9.72 Å². The molecule has 9 rings (SSSR count). The van der Waals surface area contributed by atoms with Crippen LogP contribution in [0.5, 0.6) is 5.75 Å². The van der Waals surface area contributed by atoms with Crippen LogP contribution < -0.4 is 15.2 Å². The quantitative estimate of drug-likeness (QED) is 0.108. The van der Waals surface area contributed by atoms with E-state index >= 15 is 0 Å². The molecule has 6 aromatic rings. The van der Waals surface area contributed by atoms with Crippen molar-refractivity contribution in [1.29, 1.82) is 0 Å². The molecular formula is C43H28N4O7. The van der Waals surface area contributed by atoms with Crippen molar-refractivity contribution in [1.82, 2.24) is 15.0 Å². The van der Waals surface area contributed by atoms with Crippen molar-refractivity contribution < 1.29 is 28.7 Å². The van der Waals surface area contributed by atoms with Gasteiger partial charge in [-0.25, -0.2) is 14.7 Å². The van der Waals surface area contributed by atoms with Crippen molar-refractivity contribution >= 4 is 62.3 Å². The van der Waals surface area contributed by atoms with Crippen molar-refractivity contribution in [3.05, 3.63) is 159 Å². The number of Topliss-reactive ketones (excluding diaryl/α,β-unsaturated/α-hetero) is 2. The van der Waals surface area contributed by atoms with Crippen molar-refractivity contribution in [2.75, 3.05) is 4.90 Å². The van der Waals surface area contributed by atoms with Gasteiger partial charge in [-0.3, -0.25) is 29.0 Å². The fourth-order valence-electron chi connectivity index (χ4n) is 7.50. The number of pyridine rings is 1. The first-order valence-corrected chi connectivity index (χ1v) is 17.3. The summed E-state index contributed by atoms with van der Waals surface area (Å²) in [6.45, 7) is 4.07. The molecule has 3 aliphatic rings. The SMILES string of the molecule is CC(C)c1ccc(C2=CC=CC2)c(N2C(=O)c3ccc4c5c(ccc(c35)C2=O)C(=O)C(c2nc3cc(C(=O)Oc5ccncc5)ccc3c(=O)[nH]2)C4=O)c1. The molecule has 262 valence electrons. The summed E-state index contributed by atoms with van der Waals surface area (Å²) in [7, 11) is 0. The molecule has 0 fully saturated rings. The Hall–Kier alpha value is -7.14. The number of fused-ring (bicyclic) bond motifs is 1. The number of rotatable bonds is 6. The Morgan fingerprint density at radius 2 is 1.44 bits per heavy atom. The van der Waals surface area contributed by atoms with Crippen LogP contribution >= 0.6 is 0 Å². The maximum atomic E-state index is 14.4. The zero-order valence-corrected chi connectivity index (χ0v) is 28.9. The number of aromatic amines is 1. The molecule has 0 radical (unpaired) electrons. The van der Waals surface area contributed by atoms with Crippen LogP contribution in [-0.2, 0) is 0 Å². The average Bonchev–Trinajstić information content (AvgIpc) is 3.71. The molecule has 1 aliphatic heterocycles. The number of nitrogens with zero attached hydrogens (tertiary/aromatic N) is 3. The number of carbonyl (C=O) groups is 5. The van der Waals surface area contributed by atoms with Crippen molar-refractivity contribution in [3.63, 3.8) is 0 Å². The zero-order valence-electron chi connectivity index (χ0n) is 28.9. The van der Waals surface area contributed by atoms with Gasteiger partial charge in [0, 0.05) is 51.0 Å². The minimum absolute atomic E-state index is 0.0795. The van der Waals surface area contributed by atoms with Gasteiger partial charge in [-0.1, -0.05) is 44.2 Å². The highest BCUT2D eigenvalue weighted by Crippen LogP contribution is 2.43. The normalized spacial score (nSPS) is 15.2. The molecule has 11 heteroatoms. The van der Waals surface area contributed by atoms with E-state index in [1.807, 2.05) is 50.3 Å². The van der Waals surface area contributed by atoms with E-state index in [9.17, 15) is 28.8 Å². The largest absolute Gasteiger partial charge is 0.423 e. The van der Waals surface area contributed by atoms with Gasteiger partial charge in [-0.2, -0.15) is 0 Å². The highest BCUT2D eigenvalue weighted by molar-refractivity contribution is 6.41. The van der Waals surface area contributed by atoms with E-state index in [1.165, 1.54) is 71.9 Å². The van der Waals surface area contributed by atoms with Gasteiger partial charge in [-0.15, -0.1) is 0 Å². The zero-order chi connectivity index (χ0) is 37.4. The van der Waals surface area contributed by atoms with Crippen LogP contribution in [0.1, 0.15) is 101 Å². The molecule has 2 amide bonds. The van der Waals surface area contributed by atoms with Crippen LogP contribution in [0.4, 0.5) is 5.69 Å². The Morgan fingerprint density at radius 3 is 2.09 bits per heavy atom. The minimum Gasteiger partial charge on any atom is -0.423 e. The van der Waals surface area contributed by atoms with E-state index in [0.29, 0.717) is 12.1 Å². The fraction of sp³-hybridized carbons (Fsp3) is 0.116. The molecule has 3 heterocycles. The van der Waals surface area contributed by atoms with Crippen LogP contribution in [0.25, 0.3) is 27.2 Å². The number of ether oxygens (including phenoxy) is 1. The molecule has 0 saturated carbocycles. The van der Waals surface area contributed by atoms with Gasteiger partial charge in [-0.05, 0) is 84.1 Å². The standard InChI is InChI=1S/C43H28N4O7/c1-21(2)23-7-9-26(22-5-3-4-6-22)33(20-23)47-41(51)30-13-11-28-34-29(12-14-31(35(30)34)42(47)52)38(49)36(37(28)48)39-45-32-19-24(8-10-27(32)40(50)46-39)43(53)54-25-15-17-44-18-16-25/h3-5,7-21,36H,6H2,1-2H3,(H,45,46,50). The number of imide groups is 1. The Morgan fingerprint density at radius 1 is 0.796 bits per heavy atom. The number of amides is 2. The lowest BCUT2D eigenvalue weighted by atomic mass is 9.76. The first-order chi connectivity index (χ1) is 26.1. The molecule has 0 atom stereocenters. The van der Waals surface area contributed by atoms with E-state index in [0.717, 1.165) is 16.7 Å². The average molecular weight is 713 g/mol. The number of esters is 1. The van der Waals surface area contributed by atoms with Gasteiger partial charge in [0.15, 0.2) is 11.6 Å². The molecule has 4 aromatic carbocycles. The van der Waals surface area contributed by atoms with Crippen molar-refractivity contribution in [2.45, 2.75) is 32.1 Å². The number of carbonyl (C=O) groups excluding carboxylic acids is 5. The van der Waals surface area contributed by atoms with Gasteiger partial charge in [0.05, 0.1) is 22.2 Å². The maximum absolute atomic E-state index is 14.4. The Bertz CT molecular complexity index is 2760. The maximum Gasteiger partial charge on any atom is 0.343 e. The van der Waals surface area contributed by atoms with Crippen LogP contribution in [0.2, 0.25) is 0 Å². The lowest BCUT2D eigenvalue weighted by molar-refractivity contribution is 0.0732. The van der Waals surface area contributed by atoms with Gasteiger partial charge >= 0.3 is 5.97 Å². The van der Waals surface area contributed by atoms with Crippen LogP contribution in [0, 0.1) is 0 Å². The molecular weight excluding hydrogens is 684 g/mol. The summed E-state index contributed by atoms with van der Waals surface area (Å²) >= 11 is 0. The second kappa shape index (κ2) is 12.2. The van der Waals surface area contributed by atoms with Crippen molar-refractivity contribution in [3.8, 4) is 5.75 Å². The van der Waals surface area contributed by atoms with Gasteiger partial charge in [0.1, 0.15) is 17.5 Å².